The number of benzene rings is 2. The molecule has 2 aromatic rings. The van der Waals surface area contributed by atoms with Gasteiger partial charge in [-0.15, -0.1) is 0 Å². The Hall–Kier alpha value is -2.36. The molecule has 2 aromatic carbocycles. The number of ether oxygens (including phenoxy) is 1. The Kier molecular flexibility index (Phi) is 4.93. The molecule has 0 aliphatic rings. The van der Waals surface area contributed by atoms with E-state index >= 15 is 0 Å². The Balaban J connectivity index is 2.13. The van der Waals surface area contributed by atoms with Crippen LogP contribution >= 0.6 is 0 Å². The van der Waals surface area contributed by atoms with Crippen molar-refractivity contribution in [3.05, 3.63) is 65.5 Å². The second-order valence-corrected chi connectivity index (χ2v) is 4.68. The van der Waals surface area contributed by atoms with Crippen LogP contribution in [-0.2, 0) is 11.3 Å². The van der Waals surface area contributed by atoms with E-state index in [1.54, 1.807) is 18.2 Å². The molecule has 2 rings (SSSR count). The molecule has 3 nitrogen and oxygen atoms in total. The minimum atomic E-state index is -0.348. The van der Waals surface area contributed by atoms with E-state index in [9.17, 15) is 9.18 Å². The summed E-state index contributed by atoms with van der Waals surface area (Å²) in [4.78, 5) is 13.5. The molecule has 0 radical (unpaired) electrons. The molecule has 0 fully saturated rings. The standard InChI is InChI=1S/C17H18FNO2/c1-3-19(16-6-4-5-15(18)11-16)12-13-7-9-14(10-8-13)17(20)21-2/h4-11H,3,12H2,1-2H3. The van der Waals surface area contributed by atoms with Crippen molar-refractivity contribution in [3.63, 3.8) is 0 Å². The molecule has 110 valence electrons. The van der Waals surface area contributed by atoms with E-state index in [1.807, 2.05) is 25.1 Å². The summed E-state index contributed by atoms with van der Waals surface area (Å²) in [6.07, 6.45) is 0. The average Bonchev–Trinajstić information content (AvgIpc) is 2.52. The fourth-order valence-electron chi connectivity index (χ4n) is 2.14. The van der Waals surface area contributed by atoms with Crippen molar-refractivity contribution in [2.45, 2.75) is 13.5 Å². The molecular weight excluding hydrogens is 269 g/mol. The van der Waals surface area contributed by atoms with Crippen LogP contribution in [0.1, 0.15) is 22.8 Å². The van der Waals surface area contributed by atoms with Crippen molar-refractivity contribution < 1.29 is 13.9 Å². The van der Waals surface area contributed by atoms with Gasteiger partial charge in [0, 0.05) is 18.8 Å². The van der Waals surface area contributed by atoms with Gasteiger partial charge in [-0.25, -0.2) is 9.18 Å². The van der Waals surface area contributed by atoms with Gasteiger partial charge in [-0.2, -0.15) is 0 Å². The summed E-state index contributed by atoms with van der Waals surface area (Å²) in [5.74, 6) is -0.592. The molecule has 21 heavy (non-hydrogen) atoms. The van der Waals surface area contributed by atoms with Crippen molar-refractivity contribution in [3.8, 4) is 0 Å². The lowest BCUT2D eigenvalue weighted by atomic mass is 10.1. The summed E-state index contributed by atoms with van der Waals surface area (Å²) in [6.45, 7) is 3.44. The molecule has 0 unspecified atom stereocenters. The Labute approximate surface area is 124 Å². The third-order valence-corrected chi connectivity index (χ3v) is 3.30. The lowest BCUT2D eigenvalue weighted by Crippen LogP contribution is -2.22. The molecule has 0 bridgehead atoms. The first-order valence-corrected chi connectivity index (χ1v) is 6.81. The van der Waals surface area contributed by atoms with Crippen LogP contribution in [0.2, 0.25) is 0 Å². The highest BCUT2D eigenvalue weighted by atomic mass is 19.1. The van der Waals surface area contributed by atoms with Gasteiger partial charge in [0.15, 0.2) is 0 Å². The average molecular weight is 287 g/mol. The summed E-state index contributed by atoms with van der Waals surface area (Å²) in [6, 6.07) is 13.8. The molecule has 0 saturated heterocycles. The van der Waals surface area contributed by atoms with Crippen molar-refractivity contribution in [2.75, 3.05) is 18.6 Å². The Morgan fingerprint density at radius 2 is 1.90 bits per heavy atom. The molecule has 0 N–H and O–H groups in total. The van der Waals surface area contributed by atoms with Gasteiger partial charge in [-0.1, -0.05) is 18.2 Å². The van der Waals surface area contributed by atoms with Crippen LogP contribution in [0.3, 0.4) is 0 Å². The lowest BCUT2D eigenvalue weighted by molar-refractivity contribution is 0.0600. The summed E-state index contributed by atoms with van der Waals surface area (Å²) in [7, 11) is 1.36. The first-order chi connectivity index (χ1) is 10.1. The van der Waals surface area contributed by atoms with Crippen LogP contribution in [0.15, 0.2) is 48.5 Å². The highest BCUT2D eigenvalue weighted by Gasteiger charge is 2.08. The minimum absolute atomic E-state index is 0.244. The number of carbonyl (C=O) groups is 1. The van der Waals surface area contributed by atoms with Crippen LogP contribution in [0, 0.1) is 5.82 Å². The summed E-state index contributed by atoms with van der Waals surface area (Å²) in [5, 5.41) is 0. The second kappa shape index (κ2) is 6.88. The topological polar surface area (TPSA) is 29.5 Å². The smallest absolute Gasteiger partial charge is 0.337 e. The fourth-order valence-corrected chi connectivity index (χ4v) is 2.14. The zero-order chi connectivity index (χ0) is 15.2. The Morgan fingerprint density at radius 1 is 1.19 bits per heavy atom. The normalized spacial score (nSPS) is 10.2. The van der Waals surface area contributed by atoms with Gasteiger partial charge in [0.25, 0.3) is 0 Å². The molecule has 0 amide bonds. The molecule has 0 heterocycles. The van der Waals surface area contributed by atoms with Crippen LogP contribution in [0.5, 0.6) is 0 Å². The van der Waals surface area contributed by atoms with Crippen molar-refractivity contribution in [1.82, 2.24) is 0 Å². The fraction of sp³-hybridized carbons (Fsp3) is 0.235. The van der Waals surface area contributed by atoms with Gasteiger partial charge in [0.2, 0.25) is 0 Å². The van der Waals surface area contributed by atoms with Gasteiger partial charge in [0.1, 0.15) is 5.82 Å². The number of carbonyl (C=O) groups excluding carboxylic acids is 1. The summed E-state index contributed by atoms with van der Waals surface area (Å²) >= 11 is 0. The SMILES string of the molecule is CCN(Cc1ccc(C(=O)OC)cc1)c1cccc(F)c1. The lowest BCUT2D eigenvalue weighted by Gasteiger charge is -2.23. The highest BCUT2D eigenvalue weighted by molar-refractivity contribution is 5.89. The summed E-state index contributed by atoms with van der Waals surface area (Å²) < 4.78 is 18.0. The molecule has 0 spiro atoms. The summed E-state index contributed by atoms with van der Waals surface area (Å²) in [5.41, 5.74) is 2.42. The zero-order valence-corrected chi connectivity index (χ0v) is 12.2. The highest BCUT2D eigenvalue weighted by Crippen LogP contribution is 2.18. The van der Waals surface area contributed by atoms with Gasteiger partial charge in [-0.3, -0.25) is 0 Å². The number of hydrogen-bond donors (Lipinski definition) is 0. The molecule has 0 atom stereocenters. The third kappa shape index (κ3) is 3.81. The molecule has 0 aliphatic heterocycles. The van der Waals surface area contributed by atoms with E-state index in [0.717, 1.165) is 17.8 Å². The third-order valence-electron chi connectivity index (χ3n) is 3.30. The van der Waals surface area contributed by atoms with Gasteiger partial charge in [-0.05, 0) is 42.8 Å². The van der Waals surface area contributed by atoms with E-state index < -0.39 is 0 Å². The van der Waals surface area contributed by atoms with Crippen LogP contribution in [0.4, 0.5) is 10.1 Å². The van der Waals surface area contributed by atoms with Gasteiger partial charge in [0.05, 0.1) is 12.7 Å². The molecule has 0 saturated carbocycles. The van der Waals surface area contributed by atoms with E-state index in [2.05, 4.69) is 9.64 Å². The predicted molar refractivity (Wildman–Crippen MR) is 80.9 cm³/mol. The van der Waals surface area contributed by atoms with Crippen molar-refractivity contribution >= 4 is 11.7 Å². The maximum atomic E-state index is 13.3. The minimum Gasteiger partial charge on any atom is -0.465 e. The van der Waals surface area contributed by atoms with Gasteiger partial charge < -0.3 is 9.64 Å². The second-order valence-electron chi connectivity index (χ2n) is 4.68. The number of methoxy groups -OCH3 is 1. The molecular formula is C17H18FNO2. The van der Waals surface area contributed by atoms with Crippen molar-refractivity contribution in [1.29, 1.82) is 0 Å². The maximum absolute atomic E-state index is 13.3. The van der Waals surface area contributed by atoms with Crippen molar-refractivity contribution in [2.24, 2.45) is 0 Å². The zero-order valence-electron chi connectivity index (χ0n) is 12.2. The number of hydrogen-bond acceptors (Lipinski definition) is 3. The van der Waals surface area contributed by atoms with Crippen LogP contribution < -0.4 is 4.90 Å². The largest absolute Gasteiger partial charge is 0.465 e. The first-order valence-electron chi connectivity index (χ1n) is 6.81. The van der Waals surface area contributed by atoms with E-state index in [-0.39, 0.29) is 11.8 Å². The number of anilines is 1. The van der Waals surface area contributed by atoms with E-state index in [0.29, 0.717) is 12.1 Å². The maximum Gasteiger partial charge on any atom is 0.337 e. The van der Waals surface area contributed by atoms with Crippen LogP contribution in [0.25, 0.3) is 0 Å². The number of nitrogens with zero attached hydrogens (tertiary/aromatic N) is 1. The number of halogens is 1. The Bertz CT molecular complexity index is 610. The van der Waals surface area contributed by atoms with E-state index in [4.69, 9.17) is 0 Å². The van der Waals surface area contributed by atoms with E-state index in [1.165, 1.54) is 19.2 Å². The van der Waals surface area contributed by atoms with Crippen LogP contribution in [-0.4, -0.2) is 19.6 Å². The quantitative estimate of drug-likeness (QED) is 0.786. The predicted octanol–water partition coefficient (Wildman–Crippen LogP) is 3.64. The molecule has 0 aliphatic carbocycles. The van der Waals surface area contributed by atoms with Gasteiger partial charge >= 0.3 is 5.97 Å². The number of rotatable bonds is 5. The molecule has 4 heteroatoms. The number of esters is 1. The Morgan fingerprint density at radius 3 is 2.48 bits per heavy atom. The molecule has 0 aromatic heterocycles. The first kappa shape index (κ1) is 15.0. The monoisotopic (exact) mass is 287 g/mol.